The second-order valence-corrected chi connectivity index (χ2v) is 9.07. The van der Waals surface area contributed by atoms with Gasteiger partial charge in [-0.05, 0) is 55.0 Å². The lowest BCUT2D eigenvalue weighted by atomic mass is 10.1. The molecule has 0 spiro atoms. The molecule has 0 saturated carbocycles. The Hall–Kier alpha value is -2.12. The zero-order valence-corrected chi connectivity index (χ0v) is 17.2. The number of amides is 1. The smallest absolute Gasteiger partial charge is 0.231 e. The number of carbonyl (C=O) groups is 1. The summed E-state index contributed by atoms with van der Waals surface area (Å²) in [6.07, 6.45) is 1.75. The fourth-order valence-corrected chi connectivity index (χ4v) is 4.50. The Labute approximate surface area is 167 Å². The van der Waals surface area contributed by atoms with E-state index in [2.05, 4.69) is 15.9 Å². The van der Waals surface area contributed by atoms with Gasteiger partial charge < -0.3 is 9.64 Å². The predicted octanol–water partition coefficient (Wildman–Crippen LogP) is 3.73. The SMILES string of the molecule is CCOc1ccc(CC(=O)N(c2ccc(Br)cc2)[C@H]2C=CS(=O)(=O)C2)cc1. The normalized spacial score (nSPS) is 17.6. The van der Waals surface area contributed by atoms with E-state index in [1.54, 1.807) is 23.1 Å². The third kappa shape index (κ3) is 4.99. The standard InChI is InChI=1S/C20H20BrNO4S/c1-2-26-19-9-3-15(4-10-19)13-20(23)22(17-7-5-16(21)6-8-17)18-11-12-27(24,25)14-18/h3-12,18H,2,13-14H2,1H3/t18-/m0/s1. The quantitative estimate of drug-likeness (QED) is 0.673. The molecule has 0 saturated heterocycles. The van der Waals surface area contributed by atoms with Crippen LogP contribution in [0, 0.1) is 0 Å². The summed E-state index contributed by atoms with van der Waals surface area (Å²) < 4.78 is 30.0. The van der Waals surface area contributed by atoms with Crippen LogP contribution < -0.4 is 9.64 Å². The first-order valence-corrected chi connectivity index (χ1v) is 11.1. The highest BCUT2D eigenvalue weighted by Crippen LogP contribution is 2.26. The van der Waals surface area contributed by atoms with Gasteiger partial charge in [0.25, 0.3) is 0 Å². The molecule has 0 aromatic heterocycles. The molecule has 7 heteroatoms. The molecule has 1 heterocycles. The van der Waals surface area contributed by atoms with Crippen LogP contribution in [0.3, 0.4) is 0 Å². The molecule has 2 aromatic carbocycles. The number of sulfone groups is 1. The highest BCUT2D eigenvalue weighted by molar-refractivity contribution is 9.10. The fraction of sp³-hybridized carbons (Fsp3) is 0.250. The molecule has 1 amide bonds. The Bertz CT molecular complexity index is 937. The zero-order chi connectivity index (χ0) is 19.4. The van der Waals surface area contributed by atoms with Gasteiger partial charge in [0, 0.05) is 15.6 Å². The number of hydrogen-bond acceptors (Lipinski definition) is 4. The van der Waals surface area contributed by atoms with Crippen LogP contribution in [0.1, 0.15) is 12.5 Å². The van der Waals surface area contributed by atoms with Crippen LogP contribution in [0.2, 0.25) is 0 Å². The molecule has 27 heavy (non-hydrogen) atoms. The number of ether oxygens (including phenoxy) is 1. The van der Waals surface area contributed by atoms with E-state index in [9.17, 15) is 13.2 Å². The maximum atomic E-state index is 13.1. The van der Waals surface area contributed by atoms with E-state index in [-0.39, 0.29) is 18.1 Å². The summed E-state index contributed by atoms with van der Waals surface area (Å²) in [4.78, 5) is 14.6. The number of anilines is 1. The molecule has 1 aliphatic rings. The Morgan fingerprint density at radius 1 is 1.15 bits per heavy atom. The summed E-state index contributed by atoms with van der Waals surface area (Å²) in [5, 5.41) is 1.19. The van der Waals surface area contributed by atoms with Gasteiger partial charge in [-0.15, -0.1) is 0 Å². The van der Waals surface area contributed by atoms with E-state index in [0.29, 0.717) is 12.3 Å². The largest absolute Gasteiger partial charge is 0.494 e. The Morgan fingerprint density at radius 2 is 1.81 bits per heavy atom. The van der Waals surface area contributed by atoms with Crippen molar-refractivity contribution in [2.45, 2.75) is 19.4 Å². The summed E-state index contributed by atoms with van der Waals surface area (Å²) in [7, 11) is -3.28. The van der Waals surface area contributed by atoms with E-state index in [1.807, 2.05) is 43.3 Å². The minimum Gasteiger partial charge on any atom is -0.494 e. The number of halogens is 1. The summed E-state index contributed by atoms with van der Waals surface area (Å²) in [5.74, 6) is 0.495. The van der Waals surface area contributed by atoms with Gasteiger partial charge in [0.05, 0.1) is 24.8 Å². The predicted molar refractivity (Wildman–Crippen MR) is 110 cm³/mol. The lowest BCUT2D eigenvalue weighted by molar-refractivity contribution is -0.118. The number of rotatable bonds is 6. The second-order valence-electron chi connectivity index (χ2n) is 6.22. The zero-order valence-electron chi connectivity index (χ0n) is 14.8. The van der Waals surface area contributed by atoms with Crippen molar-refractivity contribution in [2.24, 2.45) is 0 Å². The summed E-state index contributed by atoms with van der Waals surface area (Å²) in [5.41, 5.74) is 1.51. The van der Waals surface area contributed by atoms with E-state index < -0.39 is 15.9 Å². The van der Waals surface area contributed by atoms with Crippen molar-refractivity contribution in [3.63, 3.8) is 0 Å². The molecule has 0 bridgehead atoms. The molecule has 0 aliphatic carbocycles. The second kappa shape index (κ2) is 8.27. The van der Waals surface area contributed by atoms with Crippen molar-refractivity contribution in [1.82, 2.24) is 0 Å². The Balaban J connectivity index is 1.84. The molecule has 0 radical (unpaired) electrons. The summed E-state index contributed by atoms with van der Waals surface area (Å²) >= 11 is 3.38. The molecule has 1 atom stereocenters. The van der Waals surface area contributed by atoms with Crippen molar-refractivity contribution in [1.29, 1.82) is 0 Å². The van der Waals surface area contributed by atoms with Crippen LogP contribution in [-0.2, 0) is 21.1 Å². The van der Waals surface area contributed by atoms with E-state index in [4.69, 9.17) is 4.74 Å². The van der Waals surface area contributed by atoms with Gasteiger partial charge in [-0.3, -0.25) is 4.79 Å². The topological polar surface area (TPSA) is 63.7 Å². The molecular weight excluding hydrogens is 430 g/mol. The number of nitrogens with zero attached hydrogens (tertiary/aromatic N) is 1. The van der Waals surface area contributed by atoms with E-state index in [0.717, 1.165) is 15.8 Å². The molecule has 0 N–H and O–H groups in total. The van der Waals surface area contributed by atoms with Crippen LogP contribution in [0.25, 0.3) is 0 Å². The van der Waals surface area contributed by atoms with Crippen molar-refractivity contribution in [2.75, 3.05) is 17.3 Å². The molecule has 2 aromatic rings. The Kier molecular flexibility index (Phi) is 6.01. The first-order valence-electron chi connectivity index (χ1n) is 8.58. The maximum absolute atomic E-state index is 13.1. The average Bonchev–Trinajstić information content (AvgIpc) is 2.98. The molecule has 0 unspecified atom stereocenters. The van der Waals surface area contributed by atoms with Crippen molar-refractivity contribution < 1.29 is 17.9 Å². The van der Waals surface area contributed by atoms with Crippen molar-refractivity contribution >= 4 is 37.4 Å². The molecular formula is C20H20BrNO4S. The van der Waals surface area contributed by atoms with Crippen molar-refractivity contribution in [3.8, 4) is 5.75 Å². The monoisotopic (exact) mass is 449 g/mol. The van der Waals surface area contributed by atoms with E-state index >= 15 is 0 Å². The van der Waals surface area contributed by atoms with Crippen LogP contribution in [0.5, 0.6) is 5.75 Å². The first-order chi connectivity index (χ1) is 12.9. The molecule has 1 aliphatic heterocycles. The van der Waals surface area contributed by atoms with E-state index in [1.165, 1.54) is 5.41 Å². The van der Waals surface area contributed by atoms with Crippen molar-refractivity contribution in [3.05, 3.63) is 70.1 Å². The number of hydrogen-bond donors (Lipinski definition) is 0. The van der Waals surface area contributed by atoms with Gasteiger partial charge in [0.1, 0.15) is 5.75 Å². The number of carbonyl (C=O) groups excluding carboxylic acids is 1. The van der Waals surface area contributed by atoms with Crippen LogP contribution in [0.15, 0.2) is 64.5 Å². The lowest BCUT2D eigenvalue weighted by Gasteiger charge is -2.28. The first kappa shape index (κ1) is 19.6. The third-order valence-corrected chi connectivity index (χ3v) is 6.11. The van der Waals surface area contributed by atoms with Crippen LogP contribution in [0.4, 0.5) is 5.69 Å². The van der Waals surface area contributed by atoms with Gasteiger partial charge in [-0.2, -0.15) is 0 Å². The minimum absolute atomic E-state index is 0.0991. The highest BCUT2D eigenvalue weighted by Gasteiger charge is 2.31. The Morgan fingerprint density at radius 3 is 2.37 bits per heavy atom. The highest BCUT2D eigenvalue weighted by atomic mass is 79.9. The number of benzene rings is 2. The lowest BCUT2D eigenvalue weighted by Crippen LogP contribution is -2.42. The van der Waals surface area contributed by atoms with Crippen LogP contribution >= 0.6 is 15.9 Å². The van der Waals surface area contributed by atoms with Gasteiger partial charge in [0.15, 0.2) is 9.84 Å². The average molecular weight is 450 g/mol. The molecule has 142 valence electrons. The summed E-state index contributed by atoms with van der Waals surface area (Å²) in [6.45, 7) is 2.49. The van der Waals surface area contributed by atoms with Gasteiger partial charge in [0.2, 0.25) is 5.91 Å². The maximum Gasteiger partial charge on any atom is 0.231 e. The van der Waals surface area contributed by atoms with Crippen LogP contribution in [-0.4, -0.2) is 32.7 Å². The molecule has 0 fully saturated rings. The van der Waals surface area contributed by atoms with Gasteiger partial charge >= 0.3 is 0 Å². The molecule has 5 nitrogen and oxygen atoms in total. The molecule has 3 rings (SSSR count). The minimum atomic E-state index is -3.28. The van der Waals surface area contributed by atoms with Gasteiger partial charge in [-0.1, -0.05) is 28.1 Å². The van der Waals surface area contributed by atoms with Gasteiger partial charge in [-0.25, -0.2) is 8.42 Å². The fourth-order valence-electron chi connectivity index (χ4n) is 2.97. The summed E-state index contributed by atoms with van der Waals surface area (Å²) in [6, 6.07) is 14.1. The third-order valence-electron chi connectivity index (χ3n) is 4.21.